The van der Waals surface area contributed by atoms with E-state index in [1.807, 2.05) is 13.8 Å². The van der Waals surface area contributed by atoms with Crippen LogP contribution in [0.2, 0.25) is 0 Å². The van der Waals surface area contributed by atoms with Gasteiger partial charge < -0.3 is 26.4 Å². The van der Waals surface area contributed by atoms with Gasteiger partial charge >= 0.3 is 5.97 Å². The monoisotopic (exact) mass is 439 g/mol. The van der Waals surface area contributed by atoms with Crippen molar-refractivity contribution < 1.29 is 38.7 Å². The summed E-state index contributed by atoms with van der Waals surface area (Å²) in [4.78, 5) is 81.8. The molecule has 0 spiro atoms. The number of rotatable bonds is 12. The first-order valence-corrected chi connectivity index (χ1v) is 9.35. The van der Waals surface area contributed by atoms with Crippen molar-refractivity contribution >= 4 is 41.4 Å². The van der Waals surface area contributed by atoms with Gasteiger partial charge in [-0.2, -0.15) is 0 Å². The standard InChI is InChI=1S/C18H25N5O8/c1-10(2)5-11(22-14(26)9-23-15(27)3-4-16(23)28)18(31)21-7-13(25)19-6-12(24)20-8-17(29)30/h3-4,10-11H,5-9H2,1-2H3,(H,19,25)(H,20,24)(H,21,31)(H,22,26)(H,29,30)/t11-/m0/s1. The Morgan fingerprint density at radius 2 is 1.39 bits per heavy atom. The maximum atomic E-state index is 12.4. The van der Waals surface area contributed by atoms with Gasteiger partial charge in [-0.3, -0.25) is 38.5 Å². The molecular weight excluding hydrogens is 414 g/mol. The third-order valence-corrected chi connectivity index (χ3v) is 3.87. The van der Waals surface area contributed by atoms with Crippen LogP contribution in [-0.4, -0.2) is 83.6 Å². The van der Waals surface area contributed by atoms with E-state index in [4.69, 9.17) is 5.11 Å². The van der Waals surface area contributed by atoms with Crippen molar-refractivity contribution in [3.8, 4) is 0 Å². The van der Waals surface area contributed by atoms with E-state index in [2.05, 4.69) is 21.3 Å². The van der Waals surface area contributed by atoms with Crippen LogP contribution in [0.3, 0.4) is 0 Å². The van der Waals surface area contributed by atoms with Crippen molar-refractivity contribution in [3.63, 3.8) is 0 Å². The Morgan fingerprint density at radius 1 is 0.871 bits per heavy atom. The average Bonchev–Trinajstić information content (AvgIpc) is 2.99. The number of hydrogen-bond acceptors (Lipinski definition) is 7. The number of carbonyl (C=O) groups excluding carboxylic acids is 6. The summed E-state index contributed by atoms with van der Waals surface area (Å²) in [7, 11) is 0. The lowest BCUT2D eigenvalue weighted by Crippen LogP contribution is -2.52. The largest absolute Gasteiger partial charge is 0.480 e. The van der Waals surface area contributed by atoms with E-state index < -0.39 is 73.6 Å². The molecule has 1 aliphatic rings. The summed E-state index contributed by atoms with van der Waals surface area (Å²) in [5.74, 6) is -5.29. The molecule has 1 rings (SSSR count). The zero-order valence-corrected chi connectivity index (χ0v) is 17.1. The molecule has 0 saturated carbocycles. The molecule has 0 bridgehead atoms. The molecule has 0 aromatic rings. The van der Waals surface area contributed by atoms with E-state index in [9.17, 15) is 33.6 Å². The molecule has 6 amide bonds. The zero-order valence-electron chi connectivity index (χ0n) is 17.1. The highest BCUT2D eigenvalue weighted by Crippen LogP contribution is 2.06. The topological polar surface area (TPSA) is 191 Å². The first-order chi connectivity index (χ1) is 14.5. The van der Waals surface area contributed by atoms with Crippen LogP contribution in [-0.2, 0) is 33.6 Å². The number of nitrogens with one attached hydrogen (secondary N) is 4. The van der Waals surface area contributed by atoms with Crippen molar-refractivity contribution in [2.45, 2.75) is 26.3 Å². The first kappa shape index (κ1) is 25.3. The van der Waals surface area contributed by atoms with Gasteiger partial charge in [-0.25, -0.2) is 0 Å². The number of amides is 6. The average molecular weight is 439 g/mol. The Morgan fingerprint density at radius 3 is 1.90 bits per heavy atom. The number of hydrogen-bond donors (Lipinski definition) is 5. The van der Waals surface area contributed by atoms with Gasteiger partial charge in [0.05, 0.1) is 13.1 Å². The molecule has 13 nitrogen and oxygen atoms in total. The van der Waals surface area contributed by atoms with Crippen LogP contribution in [0.15, 0.2) is 12.2 Å². The third-order valence-electron chi connectivity index (χ3n) is 3.87. The Hall–Kier alpha value is -3.77. The fourth-order valence-corrected chi connectivity index (χ4v) is 2.44. The lowest BCUT2D eigenvalue weighted by molar-refractivity contribution is -0.141. The maximum Gasteiger partial charge on any atom is 0.322 e. The van der Waals surface area contributed by atoms with Crippen LogP contribution in [0.25, 0.3) is 0 Å². The molecule has 0 fully saturated rings. The number of carboxylic acids is 1. The van der Waals surface area contributed by atoms with Crippen molar-refractivity contribution in [3.05, 3.63) is 12.2 Å². The smallest absolute Gasteiger partial charge is 0.322 e. The molecule has 31 heavy (non-hydrogen) atoms. The van der Waals surface area contributed by atoms with Gasteiger partial charge in [-0.15, -0.1) is 0 Å². The van der Waals surface area contributed by atoms with Gasteiger partial charge in [0.2, 0.25) is 23.6 Å². The van der Waals surface area contributed by atoms with Crippen LogP contribution in [0.1, 0.15) is 20.3 Å². The number of nitrogens with zero attached hydrogens (tertiary/aromatic N) is 1. The van der Waals surface area contributed by atoms with Gasteiger partial charge in [0.25, 0.3) is 11.8 Å². The predicted molar refractivity (Wildman–Crippen MR) is 104 cm³/mol. The van der Waals surface area contributed by atoms with E-state index in [0.717, 1.165) is 17.1 Å². The summed E-state index contributed by atoms with van der Waals surface area (Å²) in [6.45, 7) is 1.53. The summed E-state index contributed by atoms with van der Waals surface area (Å²) in [6.07, 6.45) is 2.31. The number of carboxylic acid groups (broad SMARTS) is 1. The molecule has 5 N–H and O–H groups in total. The van der Waals surface area contributed by atoms with Gasteiger partial charge in [-0.1, -0.05) is 13.8 Å². The molecule has 0 radical (unpaired) electrons. The summed E-state index contributed by atoms with van der Waals surface area (Å²) in [6, 6.07) is -1.01. The Balaban J connectivity index is 2.50. The van der Waals surface area contributed by atoms with Crippen molar-refractivity contribution in [1.29, 1.82) is 0 Å². The first-order valence-electron chi connectivity index (χ1n) is 9.35. The van der Waals surface area contributed by atoms with Gasteiger partial charge in [0, 0.05) is 12.2 Å². The van der Waals surface area contributed by atoms with Crippen LogP contribution >= 0.6 is 0 Å². The number of carbonyl (C=O) groups is 7. The fraction of sp³-hybridized carbons (Fsp3) is 0.500. The molecule has 13 heteroatoms. The van der Waals surface area contributed by atoms with Crippen LogP contribution in [0.4, 0.5) is 0 Å². The van der Waals surface area contributed by atoms with Crippen molar-refractivity contribution in [2.24, 2.45) is 5.92 Å². The molecule has 170 valence electrons. The van der Waals surface area contributed by atoms with E-state index in [-0.39, 0.29) is 12.3 Å². The molecule has 1 heterocycles. The molecule has 0 aliphatic carbocycles. The molecule has 1 atom stereocenters. The van der Waals surface area contributed by atoms with E-state index in [1.165, 1.54) is 0 Å². The molecular formula is C18H25N5O8. The van der Waals surface area contributed by atoms with Crippen molar-refractivity contribution in [2.75, 3.05) is 26.2 Å². The third kappa shape index (κ3) is 9.51. The molecule has 1 aliphatic heterocycles. The molecule has 0 aromatic carbocycles. The summed E-state index contributed by atoms with van der Waals surface area (Å²) in [5, 5.41) is 17.5. The Bertz CT molecular complexity index is 774. The van der Waals surface area contributed by atoms with Gasteiger partial charge in [-0.05, 0) is 12.3 Å². The second-order valence-corrected chi connectivity index (χ2v) is 7.01. The maximum absolute atomic E-state index is 12.4. The Kier molecular flexibility index (Phi) is 9.82. The zero-order chi connectivity index (χ0) is 23.6. The minimum absolute atomic E-state index is 0.000440. The number of imide groups is 1. The highest BCUT2D eigenvalue weighted by atomic mass is 16.4. The van der Waals surface area contributed by atoms with E-state index >= 15 is 0 Å². The van der Waals surface area contributed by atoms with Gasteiger partial charge in [0.15, 0.2) is 0 Å². The highest BCUT2D eigenvalue weighted by Gasteiger charge is 2.28. The molecule has 0 aromatic heterocycles. The van der Waals surface area contributed by atoms with Crippen LogP contribution < -0.4 is 21.3 Å². The fourth-order valence-electron chi connectivity index (χ4n) is 2.44. The van der Waals surface area contributed by atoms with Gasteiger partial charge in [0.1, 0.15) is 19.1 Å². The minimum atomic E-state index is -1.24. The lowest BCUT2D eigenvalue weighted by Gasteiger charge is -2.21. The quantitative estimate of drug-likeness (QED) is 0.197. The summed E-state index contributed by atoms with van der Waals surface area (Å²) >= 11 is 0. The predicted octanol–water partition coefficient (Wildman–Crippen LogP) is -3.12. The Labute approximate surface area is 177 Å². The molecule has 0 saturated heterocycles. The van der Waals surface area contributed by atoms with E-state index in [0.29, 0.717) is 0 Å². The second-order valence-electron chi connectivity index (χ2n) is 7.01. The van der Waals surface area contributed by atoms with Crippen molar-refractivity contribution in [1.82, 2.24) is 26.2 Å². The van der Waals surface area contributed by atoms with Crippen LogP contribution in [0.5, 0.6) is 0 Å². The normalized spacial score (nSPS) is 13.7. The SMILES string of the molecule is CC(C)C[C@H](NC(=O)CN1C(=O)C=CC1=O)C(=O)NCC(=O)NCC(=O)NCC(=O)O. The summed E-state index contributed by atoms with van der Waals surface area (Å²) in [5.41, 5.74) is 0. The second kappa shape index (κ2) is 12.0. The molecule has 0 unspecified atom stereocenters. The summed E-state index contributed by atoms with van der Waals surface area (Å²) < 4.78 is 0. The van der Waals surface area contributed by atoms with E-state index in [1.54, 1.807) is 0 Å². The lowest BCUT2D eigenvalue weighted by atomic mass is 10.0. The highest BCUT2D eigenvalue weighted by molar-refractivity contribution is 6.14. The number of aliphatic carboxylic acids is 1. The minimum Gasteiger partial charge on any atom is -0.480 e. The van der Waals surface area contributed by atoms with Crippen LogP contribution in [0, 0.1) is 5.92 Å².